The van der Waals surface area contributed by atoms with E-state index in [2.05, 4.69) is 20.6 Å². The van der Waals surface area contributed by atoms with Crippen LogP contribution in [0.5, 0.6) is 5.75 Å². The maximum atomic E-state index is 13.0. The number of ether oxygens (including phenoxy) is 1. The number of carbonyl (C=O) groups is 2. The number of anilines is 2. The van der Waals surface area contributed by atoms with E-state index in [0.29, 0.717) is 16.9 Å². The predicted molar refractivity (Wildman–Crippen MR) is 136 cm³/mol. The number of nitro benzene ring substituents is 2. The summed E-state index contributed by atoms with van der Waals surface area (Å²) in [7, 11) is 1.52. The van der Waals surface area contributed by atoms with Crippen LogP contribution in [0.15, 0.2) is 79.0 Å². The van der Waals surface area contributed by atoms with Crippen LogP contribution in [0.1, 0.15) is 20.7 Å². The minimum absolute atomic E-state index is 0.00390. The second-order valence-electron chi connectivity index (χ2n) is 7.71. The highest BCUT2D eigenvalue weighted by Crippen LogP contribution is 2.29. The van der Waals surface area contributed by atoms with Crippen LogP contribution in [0.4, 0.5) is 23.1 Å². The Hall–Kier alpha value is -5.72. The number of nitrogens with zero attached hydrogens (tertiary/aromatic N) is 4. The van der Waals surface area contributed by atoms with E-state index >= 15 is 0 Å². The van der Waals surface area contributed by atoms with E-state index in [1.54, 1.807) is 24.3 Å². The van der Waals surface area contributed by atoms with Crippen molar-refractivity contribution in [1.29, 1.82) is 0 Å². The third-order valence-corrected chi connectivity index (χ3v) is 5.29. The van der Waals surface area contributed by atoms with E-state index in [0.717, 1.165) is 12.1 Å². The molecule has 4 aromatic rings. The Morgan fingerprint density at radius 3 is 1.89 bits per heavy atom. The van der Waals surface area contributed by atoms with E-state index < -0.39 is 21.7 Å². The molecule has 2 amide bonds. The highest BCUT2D eigenvalue weighted by molar-refractivity contribution is 6.07. The number of rotatable bonds is 8. The second-order valence-corrected chi connectivity index (χ2v) is 7.71. The molecule has 0 spiro atoms. The molecular formula is C25H18N6O7. The second kappa shape index (κ2) is 10.9. The number of aromatic nitrogens is 2. The Bertz CT molecular complexity index is 1560. The minimum Gasteiger partial charge on any atom is -0.497 e. The highest BCUT2D eigenvalue weighted by atomic mass is 16.6. The molecule has 1 aromatic heterocycles. The third-order valence-electron chi connectivity index (χ3n) is 5.29. The van der Waals surface area contributed by atoms with Gasteiger partial charge in [-0.15, -0.1) is 0 Å². The van der Waals surface area contributed by atoms with Crippen molar-refractivity contribution in [1.82, 2.24) is 9.97 Å². The molecule has 38 heavy (non-hydrogen) atoms. The summed E-state index contributed by atoms with van der Waals surface area (Å²) < 4.78 is 5.17. The molecule has 0 aliphatic heterocycles. The molecule has 0 fully saturated rings. The average molecular weight is 514 g/mol. The van der Waals surface area contributed by atoms with Gasteiger partial charge >= 0.3 is 0 Å². The van der Waals surface area contributed by atoms with Crippen molar-refractivity contribution in [2.24, 2.45) is 0 Å². The summed E-state index contributed by atoms with van der Waals surface area (Å²) in [6.45, 7) is 0. The van der Waals surface area contributed by atoms with Crippen molar-refractivity contribution in [3.8, 4) is 16.9 Å². The zero-order valence-electron chi connectivity index (χ0n) is 19.7. The SMILES string of the molecule is COc1ccc(-c2cnc(NC(=O)c3cccc([N+](=O)[O-])c3)nc2NC(=O)c2cccc([N+](=O)[O-])c2)cc1. The van der Waals surface area contributed by atoms with Gasteiger partial charge < -0.3 is 10.1 Å². The Kier molecular flexibility index (Phi) is 7.28. The lowest BCUT2D eigenvalue weighted by Gasteiger charge is -2.13. The molecular weight excluding hydrogens is 496 g/mol. The van der Waals surface area contributed by atoms with Crippen LogP contribution in [0.2, 0.25) is 0 Å². The largest absolute Gasteiger partial charge is 0.497 e. The summed E-state index contributed by atoms with van der Waals surface area (Å²) in [6.07, 6.45) is 1.38. The maximum Gasteiger partial charge on any atom is 0.270 e. The molecule has 0 aliphatic carbocycles. The average Bonchev–Trinajstić information content (AvgIpc) is 2.93. The van der Waals surface area contributed by atoms with Crippen LogP contribution in [0.25, 0.3) is 11.1 Å². The van der Waals surface area contributed by atoms with Crippen molar-refractivity contribution in [3.63, 3.8) is 0 Å². The lowest BCUT2D eigenvalue weighted by atomic mass is 10.1. The van der Waals surface area contributed by atoms with Gasteiger partial charge in [0.1, 0.15) is 11.6 Å². The number of benzene rings is 3. The number of carbonyl (C=O) groups excluding carboxylic acids is 2. The molecule has 4 rings (SSSR count). The summed E-state index contributed by atoms with van der Waals surface area (Å²) in [4.78, 5) is 55.0. The molecule has 0 bridgehead atoms. The van der Waals surface area contributed by atoms with Crippen molar-refractivity contribution in [2.45, 2.75) is 0 Å². The normalized spacial score (nSPS) is 10.3. The first kappa shape index (κ1) is 25.4. The van der Waals surface area contributed by atoms with Crippen LogP contribution < -0.4 is 15.4 Å². The quantitative estimate of drug-likeness (QED) is 0.253. The van der Waals surface area contributed by atoms with E-state index in [-0.39, 0.29) is 34.3 Å². The lowest BCUT2D eigenvalue weighted by Crippen LogP contribution is -2.18. The van der Waals surface area contributed by atoms with Gasteiger partial charge in [0.05, 0.1) is 17.0 Å². The van der Waals surface area contributed by atoms with Crippen molar-refractivity contribution >= 4 is 35.0 Å². The fraction of sp³-hybridized carbons (Fsp3) is 0.0400. The summed E-state index contributed by atoms with van der Waals surface area (Å²) in [5.74, 6) is -0.971. The highest BCUT2D eigenvalue weighted by Gasteiger charge is 2.18. The van der Waals surface area contributed by atoms with Crippen LogP contribution in [0, 0.1) is 20.2 Å². The van der Waals surface area contributed by atoms with E-state index in [1.165, 1.54) is 49.7 Å². The van der Waals surface area contributed by atoms with Crippen LogP contribution >= 0.6 is 0 Å². The van der Waals surface area contributed by atoms with Crippen molar-refractivity contribution in [3.05, 3.63) is 110 Å². The molecule has 0 aliphatic rings. The Morgan fingerprint density at radius 1 is 0.816 bits per heavy atom. The number of amides is 2. The number of nitro groups is 2. The van der Waals surface area contributed by atoms with Gasteiger partial charge in [-0.2, -0.15) is 4.98 Å². The van der Waals surface area contributed by atoms with Crippen molar-refractivity contribution < 1.29 is 24.2 Å². The Labute approximate surface area is 214 Å². The number of methoxy groups -OCH3 is 1. The Balaban J connectivity index is 1.68. The van der Waals surface area contributed by atoms with Gasteiger partial charge in [0, 0.05) is 47.2 Å². The third kappa shape index (κ3) is 5.73. The number of nitrogens with one attached hydrogen (secondary N) is 2. The fourth-order valence-corrected chi connectivity index (χ4v) is 3.39. The molecule has 0 saturated heterocycles. The molecule has 190 valence electrons. The van der Waals surface area contributed by atoms with E-state index in [4.69, 9.17) is 4.74 Å². The van der Waals surface area contributed by atoms with Gasteiger partial charge in [-0.3, -0.25) is 35.1 Å². The lowest BCUT2D eigenvalue weighted by molar-refractivity contribution is -0.385. The molecule has 0 radical (unpaired) electrons. The molecule has 13 nitrogen and oxygen atoms in total. The Morgan fingerprint density at radius 2 is 1.37 bits per heavy atom. The molecule has 3 aromatic carbocycles. The zero-order valence-corrected chi connectivity index (χ0v) is 19.7. The summed E-state index contributed by atoms with van der Waals surface area (Å²) >= 11 is 0. The van der Waals surface area contributed by atoms with Gasteiger partial charge in [0.15, 0.2) is 0 Å². The molecule has 1 heterocycles. The van der Waals surface area contributed by atoms with Gasteiger partial charge in [-0.25, -0.2) is 4.98 Å². The number of hydrogen-bond acceptors (Lipinski definition) is 9. The summed E-state index contributed by atoms with van der Waals surface area (Å²) in [5, 5.41) is 27.2. The standard InChI is InChI=1S/C25H18N6O7/c1-38-20-10-8-15(9-11-20)21-14-26-25(29-24(33)17-5-3-7-19(13-17)31(36)37)28-22(21)27-23(32)16-4-2-6-18(12-16)30(34)35/h2-14H,1H3,(H2,26,27,28,29,32,33). The predicted octanol–water partition coefficient (Wildman–Crippen LogP) is 4.47. The minimum atomic E-state index is -0.707. The fourth-order valence-electron chi connectivity index (χ4n) is 3.39. The number of non-ortho nitro benzene ring substituents is 2. The molecule has 2 N–H and O–H groups in total. The zero-order chi connectivity index (χ0) is 27.2. The van der Waals surface area contributed by atoms with Gasteiger partial charge in [-0.05, 0) is 29.8 Å². The topological polar surface area (TPSA) is 179 Å². The number of hydrogen-bond donors (Lipinski definition) is 2. The van der Waals surface area contributed by atoms with Crippen LogP contribution in [-0.2, 0) is 0 Å². The van der Waals surface area contributed by atoms with Crippen molar-refractivity contribution in [2.75, 3.05) is 17.7 Å². The first-order valence-corrected chi connectivity index (χ1v) is 10.9. The van der Waals surface area contributed by atoms with Crippen LogP contribution in [-0.4, -0.2) is 38.7 Å². The van der Waals surface area contributed by atoms with Gasteiger partial charge in [0.25, 0.3) is 23.2 Å². The van der Waals surface area contributed by atoms with Gasteiger partial charge in [-0.1, -0.05) is 24.3 Å². The maximum absolute atomic E-state index is 13.0. The van der Waals surface area contributed by atoms with Crippen LogP contribution in [0.3, 0.4) is 0 Å². The first-order chi connectivity index (χ1) is 18.2. The first-order valence-electron chi connectivity index (χ1n) is 10.9. The molecule has 0 saturated carbocycles. The molecule has 0 unspecified atom stereocenters. The van der Waals surface area contributed by atoms with E-state index in [1.807, 2.05) is 0 Å². The summed E-state index contributed by atoms with van der Waals surface area (Å²) in [5.41, 5.74) is 0.486. The smallest absolute Gasteiger partial charge is 0.270 e. The van der Waals surface area contributed by atoms with E-state index in [9.17, 15) is 29.8 Å². The molecule has 0 atom stereocenters. The molecule has 13 heteroatoms. The monoisotopic (exact) mass is 514 g/mol. The summed E-state index contributed by atoms with van der Waals surface area (Å²) in [6, 6.07) is 17.1. The van der Waals surface area contributed by atoms with Gasteiger partial charge in [0.2, 0.25) is 5.95 Å².